The molecular weight excluding hydrogens is 392 g/mol. The number of carbonyl (C=O) groups is 1. The van der Waals surface area contributed by atoms with Crippen LogP contribution in [0.5, 0.6) is 0 Å². The first-order valence-corrected chi connectivity index (χ1v) is 11.4. The number of carbonyl (C=O) groups excluding carboxylic acids is 1. The zero-order chi connectivity index (χ0) is 20.5. The maximum Gasteiger partial charge on any atom is 0.270 e. The number of amides is 1. The van der Waals surface area contributed by atoms with E-state index >= 15 is 0 Å². The van der Waals surface area contributed by atoms with Gasteiger partial charge in [-0.05, 0) is 49.4 Å². The minimum Gasteiger partial charge on any atom is -0.389 e. The average molecular weight is 419 g/mol. The molecule has 0 aliphatic carbocycles. The van der Waals surface area contributed by atoms with Gasteiger partial charge in [0.15, 0.2) is 0 Å². The molecule has 0 bridgehead atoms. The van der Waals surface area contributed by atoms with E-state index in [0.29, 0.717) is 38.0 Å². The summed E-state index contributed by atoms with van der Waals surface area (Å²) in [6, 6.07) is 5.15. The molecule has 8 nitrogen and oxygen atoms in total. The van der Waals surface area contributed by atoms with Gasteiger partial charge in [-0.3, -0.25) is 9.78 Å². The molecule has 2 fully saturated rings. The molecule has 156 valence electrons. The van der Waals surface area contributed by atoms with E-state index in [1.807, 2.05) is 12.1 Å². The van der Waals surface area contributed by atoms with Crippen molar-refractivity contribution < 1.29 is 18.3 Å². The third kappa shape index (κ3) is 4.22. The lowest BCUT2D eigenvalue weighted by Gasteiger charge is -2.37. The predicted octanol–water partition coefficient (Wildman–Crippen LogP) is 1.40. The summed E-state index contributed by atoms with van der Waals surface area (Å²) in [7, 11) is -3.71. The van der Waals surface area contributed by atoms with Crippen LogP contribution in [0.15, 0.2) is 41.7 Å². The molecule has 4 heterocycles. The summed E-state index contributed by atoms with van der Waals surface area (Å²) in [5, 5.41) is 10.9. The normalized spacial score (nSPS) is 20.1. The minimum atomic E-state index is -3.71. The summed E-state index contributed by atoms with van der Waals surface area (Å²) in [4.78, 5) is 21.1. The fraction of sp³-hybridized carbons (Fsp3) is 0.500. The summed E-state index contributed by atoms with van der Waals surface area (Å²) >= 11 is 0. The highest BCUT2D eigenvalue weighted by molar-refractivity contribution is 7.89. The maximum absolute atomic E-state index is 13.0. The fourth-order valence-corrected chi connectivity index (χ4v) is 5.52. The highest BCUT2D eigenvalue weighted by Gasteiger charge is 2.37. The molecular formula is C20H26N4O4S. The van der Waals surface area contributed by atoms with Crippen molar-refractivity contribution in [1.82, 2.24) is 19.2 Å². The summed E-state index contributed by atoms with van der Waals surface area (Å²) in [6.45, 7) is 1.90. The van der Waals surface area contributed by atoms with E-state index in [1.165, 1.54) is 16.6 Å². The first-order chi connectivity index (χ1) is 13.9. The number of hydrogen-bond donors (Lipinski definition) is 2. The van der Waals surface area contributed by atoms with E-state index < -0.39 is 15.6 Å². The molecule has 2 aromatic heterocycles. The zero-order valence-corrected chi connectivity index (χ0v) is 17.1. The van der Waals surface area contributed by atoms with Gasteiger partial charge in [0.25, 0.3) is 5.91 Å². The highest BCUT2D eigenvalue weighted by atomic mass is 32.2. The summed E-state index contributed by atoms with van der Waals surface area (Å²) < 4.78 is 27.4. The second kappa shape index (κ2) is 7.89. The van der Waals surface area contributed by atoms with Crippen LogP contribution in [0.25, 0.3) is 0 Å². The van der Waals surface area contributed by atoms with E-state index in [2.05, 4.69) is 9.97 Å². The van der Waals surface area contributed by atoms with Crippen molar-refractivity contribution in [1.29, 1.82) is 0 Å². The lowest BCUT2D eigenvalue weighted by molar-refractivity contribution is -0.00442. The number of aromatic amines is 1. The quantitative estimate of drug-likeness (QED) is 0.763. The number of nitrogens with zero attached hydrogens (tertiary/aromatic N) is 3. The molecule has 2 N–H and O–H groups in total. The predicted molar refractivity (Wildman–Crippen MR) is 107 cm³/mol. The van der Waals surface area contributed by atoms with Gasteiger partial charge < -0.3 is 15.0 Å². The number of hydrogen-bond acceptors (Lipinski definition) is 5. The highest BCUT2D eigenvalue weighted by Crippen LogP contribution is 2.30. The Bertz CT molecular complexity index is 959. The van der Waals surface area contributed by atoms with Gasteiger partial charge >= 0.3 is 0 Å². The molecule has 0 unspecified atom stereocenters. The van der Waals surface area contributed by atoms with Crippen LogP contribution in [0, 0.1) is 0 Å². The largest absolute Gasteiger partial charge is 0.389 e. The number of sulfonamides is 1. The fourth-order valence-electron chi connectivity index (χ4n) is 4.09. The number of piperidine rings is 1. The number of H-pyrrole nitrogens is 1. The van der Waals surface area contributed by atoms with Crippen LogP contribution in [-0.4, -0.2) is 70.4 Å². The van der Waals surface area contributed by atoms with E-state index in [-0.39, 0.29) is 23.9 Å². The molecule has 2 aliphatic rings. The maximum atomic E-state index is 13.0. The van der Waals surface area contributed by atoms with Gasteiger partial charge in [-0.1, -0.05) is 0 Å². The Kier molecular flexibility index (Phi) is 5.46. The number of aromatic nitrogens is 2. The summed E-state index contributed by atoms with van der Waals surface area (Å²) in [5.41, 5.74) is 0.355. The van der Waals surface area contributed by atoms with Crippen molar-refractivity contribution in [3.05, 3.63) is 48.0 Å². The van der Waals surface area contributed by atoms with E-state index in [9.17, 15) is 18.3 Å². The van der Waals surface area contributed by atoms with Crippen LogP contribution in [-0.2, 0) is 16.4 Å². The molecule has 2 saturated heterocycles. The number of pyridine rings is 1. The second-order valence-corrected chi connectivity index (χ2v) is 9.85. The second-order valence-electron chi connectivity index (χ2n) is 7.91. The third-order valence-corrected chi connectivity index (χ3v) is 7.73. The lowest BCUT2D eigenvalue weighted by atomic mass is 9.86. The standard InChI is InChI=1S/C20H26N4O4S/c25-19(23-9-1-2-10-23)18-13-17(15-22-18)29(27,28)24-11-5-20(26,6-12-24)14-16-3-7-21-8-4-16/h3-4,7-8,13,15,22,26H,1-2,5-6,9-12,14H2. The van der Waals surface area contributed by atoms with Gasteiger partial charge in [0.1, 0.15) is 10.6 Å². The Morgan fingerprint density at radius 2 is 1.79 bits per heavy atom. The van der Waals surface area contributed by atoms with Crippen LogP contribution in [0.1, 0.15) is 41.7 Å². The zero-order valence-electron chi connectivity index (χ0n) is 16.2. The number of aliphatic hydroxyl groups is 1. The average Bonchev–Trinajstić information content (AvgIpc) is 3.41. The van der Waals surface area contributed by atoms with Crippen molar-refractivity contribution in [2.24, 2.45) is 0 Å². The topological polar surface area (TPSA) is 107 Å². The van der Waals surface area contributed by atoms with Crippen LogP contribution >= 0.6 is 0 Å². The summed E-state index contributed by atoms with van der Waals surface area (Å²) in [5.74, 6) is -0.158. The molecule has 0 radical (unpaired) electrons. The Hall–Kier alpha value is -2.23. The molecule has 4 rings (SSSR count). The van der Waals surface area contributed by atoms with Gasteiger partial charge in [0, 0.05) is 51.2 Å². The Morgan fingerprint density at radius 1 is 1.14 bits per heavy atom. The molecule has 2 aliphatic heterocycles. The van der Waals surface area contributed by atoms with E-state index in [4.69, 9.17) is 0 Å². The van der Waals surface area contributed by atoms with E-state index in [0.717, 1.165) is 18.4 Å². The summed E-state index contributed by atoms with van der Waals surface area (Å²) in [6.07, 6.45) is 7.91. The van der Waals surface area contributed by atoms with Gasteiger partial charge in [0.2, 0.25) is 10.0 Å². The van der Waals surface area contributed by atoms with Crippen LogP contribution < -0.4 is 0 Å². The molecule has 0 aromatic carbocycles. The number of likely N-dealkylation sites (tertiary alicyclic amines) is 1. The van der Waals surface area contributed by atoms with Gasteiger partial charge in [0.05, 0.1) is 5.60 Å². The molecule has 29 heavy (non-hydrogen) atoms. The van der Waals surface area contributed by atoms with Crippen LogP contribution in [0.3, 0.4) is 0 Å². The smallest absolute Gasteiger partial charge is 0.270 e. The first kappa shape index (κ1) is 20.1. The van der Waals surface area contributed by atoms with Crippen molar-refractivity contribution in [2.45, 2.75) is 42.6 Å². The Morgan fingerprint density at radius 3 is 2.45 bits per heavy atom. The SMILES string of the molecule is O=C(c1cc(S(=O)(=O)N2CCC(O)(Cc3ccncc3)CC2)c[nH]1)N1CCCC1. The Balaban J connectivity index is 1.42. The monoisotopic (exact) mass is 418 g/mol. The van der Waals surface area contributed by atoms with Crippen molar-refractivity contribution in [2.75, 3.05) is 26.2 Å². The van der Waals surface area contributed by atoms with Gasteiger partial charge in [-0.15, -0.1) is 0 Å². The molecule has 1 amide bonds. The first-order valence-electron chi connectivity index (χ1n) is 9.97. The van der Waals surface area contributed by atoms with E-state index in [1.54, 1.807) is 17.3 Å². The molecule has 2 aromatic rings. The third-order valence-electron chi connectivity index (χ3n) is 5.85. The molecule has 0 atom stereocenters. The molecule has 9 heteroatoms. The lowest BCUT2D eigenvalue weighted by Crippen LogP contribution is -2.47. The number of rotatable bonds is 5. The minimum absolute atomic E-state index is 0.0969. The van der Waals surface area contributed by atoms with Crippen LogP contribution in [0.2, 0.25) is 0 Å². The number of nitrogens with one attached hydrogen (secondary N) is 1. The Labute approximate surface area is 170 Å². The molecule has 0 saturated carbocycles. The van der Waals surface area contributed by atoms with Gasteiger partial charge in [-0.2, -0.15) is 4.31 Å². The van der Waals surface area contributed by atoms with Gasteiger partial charge in [-0.25, -0.2) is 8.42 Å². The molecule has 0 spiro atoms. The van der Waals surface area contributed by atoms with Crippen molar-refractivity contribution >= 4 is 15.9 Å². The van der Waals surface area contributed by atoms with Crippen LogP contribution in [0.4, 0.5) is 0 Å². The van der Waals surface area contributed by atoms with Crippen molar-refractivity contribution in [3.8, 4) is 0 Å². The van der Waals surface area contributed by atoms with Crippen molar-refractivity contribution in [3.63, 3.8) is 0 Å².